The van der Waals surface area contributed by atoms with E-state index in [1.54, 1.807) is 30.6 Å². The summed E-state index contributed by atoms with van der Waals surface area (Å²) in [4.78, 5) is 59.6. The second-order valence-electron chi connectivity index (χ2n) is 12.2. The average molecular weight is 623 g/mol. The molecule has 242 valence electrons. The molecule has 12 heteroatoms. The summed E-state index contributed by atoms with van der Waals surface area (Å²) in [6.07, 6.45) is 3.62. The first-order valence-corrected chi connectivity index (χ1v) is 15.3. The Hall–Kier alpha value is -4.45. The Morgan fingerprint density at radius 1 is 0.933 bits per heavy atom. The minimum atomic E-state index is -1.00. The molecule has 0 radical (unpaired) electrons. The quantitative estimate of drug-likeness (QED) is 0.190. The lowest BCUT2D eigenvalue weighted by atomic mass is 10.0. The molecule has 1 fully saturated rings. The Balaban J connectivity index is 1.47. The SMILES string of the molecule is CC(C)(C)OC(=O)C(CCCCN)NC(=O)C(Cc1c[nH]c2ccccc12)NC(=O)N1CCN(C(=O)c2ccc(F)cc2)CC1. The monoisotopic (exact) mass is 622 g/mol. The van der Waals surface area contributed by atoms with E-state index in [0.717, 1.165) is 16.5 Å². The first-order valence-electron chi connectivity index (χ1n) is 15.3. The molecule has 4 rings (SSSR count). The average Bonchev–Trinajstić information content (AvgIpc) is 3.42. The molecule has 1 saturated heterocycles. The molecular weight excluding hydrogens is 579 g/mol. The van der Waals surface area contributed by atoms with Gasteiger partial charge in [-0.25, -0.2) is 14.0 Å². The lowest BCUT2D eigenvalue weighted by Gasteiger charge is -2.35. The summed E-state index contributed by atoms with van der Waals surface area (Å²) in [6, 6.07) is 10.6. The summed E-state index contributed by atoms with van der Waals surface area (Å²) in [6.45, 7) is 6.80. The number of para-hydroxylation sites is 1. The van der Waals surface area contributed by atoms with Gasteiger partial charge in [-0.3, -0.25) is 9.59 Å². The number of piperazine rings is 1. The van der Waals surface area contributed by atoms with Gasteiger partial charge in [-0.15, -0.1) is 0 Å². The van der Waals surface area contributed by atoms with Gasteiger partial charge in [-0.1, -0.05) is 18.2 Å². The summed E-state index contributed by atoms with van der Waals surface area (Å²) >= 11 is 0. The van der Waals surface area contributed by atoms with E-state index in [4.69, 9.17) is 10.5 Å². The number of rotatable bonds is 11. The highest BCUT2D eigenvalue weighted by molar-refractivity contribution is 5.95. The summed E-state index contributed by atoms with van der Waals surface area (Å²) in [5.41, 5.74) is 7.01. The molecule has 0 spiro atoms. The van der Waals surface area contributed by atoms with Crippen molar-refractivity contribution in [2.45, 2.75) is 64.1 Å². The molecule has 4 amide bonds. The van der Waals surface area contributed by atoms with Crippen molar-refractivity contribution in [3.05, 3.63) is 71.7 Å². The minimum absolute atomic E-state index is 0.175. The van der Waals surface area contributed by atoms with Gasteiger partial charge in [0, 0.05) is 55.3 Å². The maximum atomic E-state index is 13.8. The van der Waals surface area contributed by atoms with Crippen LogP contribution in [0.5, 0.6) is 0 Å². The van der Waals surface area contributed by atoms with Crippen LogP contribution in [0.1, 0.15) is 56.0 Å². The van der Waals surface area contributed by atoms with Gasteiger partial charge < -0.3 is 35.9 Å². The van der Waals surface area contributed by atoms with Crippen molar-refractivity contribution in [3.8, 4) is 0 Å². The summed E-state index contributed by atoms with van der Waals surface area (Å²) in [5, 5.41) is 6.63. The number of H-pyrrole nitrogens is 1. The van der Waals surface area contributed by atoms with Crippen molar-refractivity contribution in [2.75, 3.05) is 32.7 Å². The van der Waals surface area contributed by atoms with Crippen molar-refractivity contribution in [3.63, 3.8) is 0 Å². The van der Waals surface area contributed by atoms with E-state index in [9.17, 15) is 23.6 Å². The largest absolute Gasteiger partial charge is 0.458 e. The lowest BCUT2D eigenvalue weighted by Crippen LogP contribution is -2.58. The van der Waals surface area contributed by atoms with Crippen LogP contribution in [0.2, 0.25) is 0 Å². The highest BCUT2D eigenvalue weighted by atomic mass is 19.1. The highest BCUT2D eigenvalue weighted by Gasteiger charge is 2.32. The van der Waals surface area contributed by atoms with Crippen LogP contribution in [0.4, 0.5) is 9.18 Å². The number of nitrogens with one attached hydrogen (secondary N) is 3. The third-order valence-corrected chi connectivity index (χ3v) is 7.61. The smallest absolute Gasteiger partial charge is 0.329 e. The Labute approximate surface area is 262 Å². The van der Waals surface area contributed by atoms with Crippen molar-refractivity contribution in [1.29, 1.82) is 0 Å². The standard InChI is InChI=1S/C33H43FN6O5/c1-33(2,3)45-31(43)27(10-6-7-15-35)37-29(41)28(20-23-21-36-26-9-5-4-8-25(23)26)38-32(44)40-18-16-39(17-19-40)30(42)22-11-13-24(34)14-12-22/h4-5,8-9,11-14,21,27-28,36H,6-7,10,15-20,35H2,1-3H3,(H,37,41)(H,38,44). The third-order valence-electron chi connectivity index (χ3n) is 7.61. The summed E-state index contributed by atoms with van der Waals surface area (Å²) in [5.74, 6) is -1.73. The number of aromatic amines is 1. The van der Waals surface area contributed by atoms with Crippen molar-refractivity contribution in [2.24, 2.45) is 5.73 Å². The van der Waals surface area contributed by atoms with Gasteiger partial charge in [-0.05, 0) is 82.5 Å². The van der Waals surface area contributed by atoms with Crippen LogP contribution in [-0.2, 0) is 20.7 Å². The fourth-order valence-electron chi connectivity index (χ4n) is 5.24. The second-order valence-corrected chi connectivity index (χ2v) is 12.2. The fraction of sp³-hybridized carbons (Fsp3) is 0.455. The number of carbonyl (C=O) groups excluding carboxylic acids is 4. The van der Waals surface area contributed by atoms with Crippen LogP contribution >= 0.6 is 0 Å². The number of amides is 4. The van der Waals surface area contributed by atoms with Gasteiger partial charge in [0.05, 0.1) is 0 Å². The molecule has 11 nitrogen and oxygen atoms in total. The van der Waals surface area contributed by atoms with Gasteiger partial charge in [0.25, 0.3) is 5.91 Å². The molecule has 1 aliphatic rings. The molecule has 1 aromatic heterocycles. The molecule has 2 atom stereocenters. The van der Waals surface area contributed by atoms with Crippen LogP contribution in [0, 0.1) is 5.82 Å². The van der Waals surface area contributed by atoms with E-state index < -0.39 is 41.4 Å². The third kappa shape index (κ3) is 9.27. The summed E-state index contributed by atoms with van der Waals surface area (Å²) in [7, 11) is 0. The molecule has 1 aliphatic heterocycles. The van der Waals surface area contributed by atoms with Crippen molar-refractivity contribution < 1.29 is 28.3 Å². The minimum Gasteiger partial charge on any atom is -0.458 e. The number of hydrogen-bond donors (Lipinski definition) is 4. The highest BCUT2D eigenvalue weighted by Crippen LogP contribution is 2.20. The Morgan fingerprint density at radius 3 is 2.27 bits per heavy atom. The zero-order chi connectivity index (χ0) is 32.6. The van der Waals surface area contributed by atoms with E-state index in [0.29, 0.717) is 31.4 Å². The van der Waals surface area contributed by atoms with Gasteiger partial charge in [0.1, 0.15) is 23.5 Å². The van der Waals surface area contributed by atoms with Gasteiger partial charge in [0.2, 0.25) is 5.91 Å². The number of hydrogen-bond acceptors (Lipinski definition) is 6. The number of unbranched alkanes of at least 4 members (excludes halogenated alkanes) is 1. The molecule has 45 heavy (non-hydrogen) atoms. The number of aromatic nitrogens is 1. The van der Waals surface area contributed by atoms with Crippen LogP contribution in [0.25, 0.3) is 10.9 Å². The molecule has 2 aromatic carbocycles. The molecular formula is C33H43FN6O5. The molecule has 3 aromatic rings. The topological polar surface area (TPSA) is 150 Å². The van der Waals surface area contributed by atoms with E-state index in [-0.39, 0.29) is 38.5 Å². The van der Waals surface area contributed by atoms with Crippen LogP contribution in [0.3, 0.4) is 0 Å². The number of ether oxygens (including phenoxy) is 1. The van der Waals surface area contributed by atoms with E-state index >= 15 is 0 Å². The van der Waals surface area contributed by atoms with Crippen molar-refractivity contribution >= 4 is 34.7 Å². The second kappa shape index (κ2) is 15.0. The molecule has 0 bridgehead atoms. The number of nitrogens with two attached hydrogens (primary N) is 1. The Morgan fingerprint density at radius 2 is 1.60 bits per heavy atom. The van der Waals surface area contributed by atoms with Gasteiger partial charge >= 0.3 is 12.0 Å². The van der Waals surface area contributed by atoms with E-state index in [1.807, 2.05) is 30.5 Å². The first-order chi connectivity index (χ1) is 21.4. The maximum Gasteiger partial charge on any atom is 0.329 e. The molecule has 2 heterocycles. The zero-order valence-corrected chi connectivity index (χ0v) is 26.1. The number of esters is 1. The van der Waals surface area contributed by atoms with Crippen LogP contribution in [0.15, 0.2) is 54.7 Å². The number of fused-ring (bicyclic) bond motifs is 1. The fourth-order valence-corrected chi connectivity index (χ4v) is 5.24. The number of benzene rings is 2. The number of carbonyl (C=O) groups is 4. The number of nitrogens with zero attached hydrogens (tertiary/aromatic N) is 2. The molecule has 0 saturated carbocycles. The van der Waals surface area contributed by atoms with E-state index in [1.165, 1.54) is 24.3 Å². The number of halogens is 1. The first kappa shape index (κ1) is 33.4. The molecule has 2 unspecified atom stereocenters. The normalized spacial score (nSPS) is 15.0. The Bertz CT molecular complexity index is 1480. The Kier molecular flexibility index (Phi) is 11.2. The molecule has 0 aliphatic carbocycles. The van der Waals surface area contributed by atoms with Crippen LogP contribution in [-0.4, -0.2) is 89.0 Å². The van der Waals surface area contributed by atoms with Crippen LogP contribution < -0.4 is 16.4 Å². The van der Waals surface area contributed by atoms with Gasteiger partial charge in [0.15, 0.2) is 0 Å². The zero-order valence-electron chi connectivity index (χ0n) is 26.1. The predicted octanol–water partition coefficient (Wildman–Crippen LogP) is 3.34. The predicted molar refractivity (Wildman–Crippen MR) is 169 cm³/mol. The number of urea groups is 1. The van der Waals surface area contributed by atoms with E-state index in [2.05, 4.69) is 15.6 Å². The van der Waals surface area contributed by atoms with Crippen molar-refractivity contribution in [1.82, 2.24) is 25.4 Å². The maximum absolute atomic E-state index is 13.8. The lowest BCUT2D eigenvalue weighted by molar-refractivity contribution is -0.159. The van der Waals surface area contributed by atoms with Gasteiger partial charge in [-0.2, -0.15) is 0 Å². The summed E-state index contributed by atoms with van der Waals surface area (Å²) < 4.78 is 18.9. The molecule has 5 N–H and O–H groups in total.